The third-order valence-corrected chi connectivity index (χ3v) is 7.43. The summed E-state index contributed by atoms with van der Waals surface area (Å²) in [5.74, 6) is 0.0972. The lowest BCUT2D eigenvalue weighted by Crippen LogP contribution is -2.57. The predicted octanol–water partition coefficient (Wildman–Crippen LogP) is 2.62. The number of aliphatic hydroxyl groups is 1. The maximum Gasteiger partial charge on any atom is 0.318 e. The Morgan fingerprint density at radius 2 is 1.84 bits per heavy atom. The summed E-state index contributed by atoms with van der Waals surface area (Å²) in [4.78, 5) is 27.1. The number of methoxy groups -OCH3 is 1. The zero-order valence-corrected chi connectivity index (χ0v) is 19.3. The molecule has 1 aliphatic rings. The molecule has 1 fully saturated rings. The van der Waals surface area contributed by atoms with Gasteiger partial charge in [0.15, 0.2) is 5.78 Å². The van der Waals surface area contributed by atoms with Gasteiger partial charge in [-0.15, -0.1) is 0 Å². The maximum absolute atomic E-state index is 14.6. The van der Waals surface area contributed by atoms with Crippen LogP contribution in [0.3, 0.4) is 0 Å². The monoisotopic (exact) mass is 444 g/mol. The second-order valence-electron chi connectivity index (χ2n) is 8.92. The summed E-state index contributed by atoms with van der Waals surface area (Å²) in [6.45, 7) is 6.67. The van der Waals surface area contributed by atoms with Crippen molar-refractivity contribution in [3.05, 3.63) is 59.4 Å². The van der Waals surface area contributed by atoms with Crippen LogP contribution in [-0.4, -0.2) is 56.2 Å². The Kier molecular flexibility index (Phi) is 6.81. The molecule has 1 aliphatic heterocycles. The number of ether oxygens (including phenoxy) is 1. The summed E-state index contributed by atoms with van der Waals surface area (Å²) in [5.41, 5.74) is 1.18. The topological polar surface area (TPSA) is 78.9 Å². The van der Waals surface area contributed by atoms with Gasteiger partial charge in [-0.1, -0.05) is 43.9 Å². The lowest BCUT2D eigenvalue weighted by molar-refractivity contribution is -0.120. The standard InChI is InChI=1S/C23H29FN2O4Si/c1-30-18-8-6-16(7-9-18)22(25-23(29)26-13-17(27)14-26)20(28)12-15-5-10-21(19(24)11-15)31(2,3)4/h5-11,17,22,27H,12-14H2,1-4H3,(H,25,29). The summed E-state index contributed by atoms with van der Waals surface area (Å²) < 4.78 is 19.8. The fourth-order valence-corrected chi connectivity index (χ4v) is 4.93. The van der Waals surface area contributed by atoms with E-state index in [0.29, 0.717) is 16.9 Å². The van der Waals surface area contributed by atoms with Crippen molar-refractivity contribution in [3.63, 3.8) is 0 Å². The van der Waals surface area contributed by atoms with E-state index in [1.165, 1.54) is 11.0 Å². The highest BCUT2D eigenvalue weighted by Crippen LogP contribution is 2.22. The fraction of sp³-hybridized carbons (Fsp3) is 0.391. The minimum atomic E-state index is -1.82. The smallest absolute Gasteiger partial charge is 0.318 e. The molecule has 0 spiro atoms. The Morgan fingerprint density at radius 3 is 2.35 bits per heavy atom. The van der Waals surface area contributed by atoms with E-state index in [9.17, 15) is 19.1 Å². The van der Waals surface area contributed by atoms with E-state index < -0.39 is 26.3 Å². The van der Waals surface area contributed by atoms with Crippen molar-refractivity contribution in [2.45, 2.75) is 38.2 Å². The first-order valence-electron chi connectivity index (χ1n) is 10.3. The molecule has 1 heterocycles. The maximum atomic E-state index is 14.6. The number of hydrogen-bond acceptors (Lipinski definition) is 4. The van der Waals surface area contributed by atoms with E-state index in [-0.39, 0.29) is 31.1 Å². The number of carbonyl (C=O) groups excluding carboxylic acids is 2. The zero-order valence-electron chi connectivity index (χ0n) is 18.3. The van der Waals surface area contributed by atoms with Gasteiger partial charge in [0.2, 0.25) is 0 Å². The van der Waals surface area contributed by atoms with Crippen LogP contribution in [0.2, 0.25) is 19.6 Å². The SMILES string of the molecule is COc1ccc(C(NC(=O)N2CC(O)C2)C(=O)Cc2ccc([Si](C)(C)C)c(F)c2)cc1. The summed E-state index contributed by atoms with van der Waals surface area (Å²) in [6.07, 6.45) is -0.545. The predicted molar refractivity (Wildman–Crippen MR) is 120 cm³/mol. The molecular weight excluding hydrogens is 415 g/mol. The highest BCUT2D eigenvalue weighted by molar-refractivity contribution is 6.88. The summed E-state index contributed by atoms with van der Waals surface area (Å²) in [6, 6.07) is 10.6. The Balaban J connectivity index is 1.81. The molecule has 0 saturated carbocycles. The number of amides is 2. The van der Waals surface area contributed by atoms with Crippen molar-refractivity contribution in [1.29, 1.82) is 0 Å². The van der Waals surface area contributed by atoms with E-state index in [2.05, 4.69) is 25.0 Å². The normalized spacial score (nSPS) is 15.2. The molecule has 2 aromatic rings. The average Bonchev–Trinajstić information content (AvgIpc) is 2.68. The second kappa shape index (κ2) is 9.19. The van der Waals surface area contributed by atoms with E-state index >= 15 is 0 Å². The number of likely N-dealkylation sites (tertiary alicyclic amines) is 1. The van der Waals surface area contributed by atoms with Crippen molar-refractivity contribution >= 4 is 25.1 Å². The van der Waals surface area contributed by atoms with Crippen molar-refractivity contribution in [1.82, 2.24) is 10.2 Å². The largest absolute Gasteiger partial charge is 0.497 e. The molecule has 166 valence electrons. The molecule has 1 unspecified atom stereocenters. The zero-order chi connectivity index (χ0) is 22.8. The van der Waals surface area contributed by atoms with Crippen LogP contribution in [0.1, 0.15) is 17.2 Å². The van der Waals surface area contributed by atoms with Crippen molar-refractivity contribution < 1.29 is 23.8 Å². The third-order valence-electron chi connectivity index (χ3n) is 5.41. The van der Waals surface area contributed by atoms with Crippen LogP contribution in [0, 0.1) is 5.82 Å². The minimum Gasteiger partial charge on any atom is -0.497 e. The van der Waals surface area contributed by atoms with E-state index in [4.69, 9.17) is 4.74 Å². The molecule has 31 heavy (non-hydrogen) atoms. The van der Waals surface area contributed by atoms with Crippen LogP contribution in [0.5, 0.6) is 5.75 Å². The summed E-state index contributed by atoms with van der Waals surface area (Å²) >= 11 is 0. The molecule has 2 amide bonds. The van der Waals surface area contributed by atoms with Crippen molar-refractivity contribution in [2.24, 2.45) is 0 Å². The van der Waals surface area contributed by atoms with E-state index in [1.54, 1.807) is 43.5 Å². The molecule has 0 bridgehead atoms. The number of aliphatic hydroxyl groups excluding tert-OH is 1. The Morgan fingerprint density at radius 1 is 1.19 bits per heavy atom. The Labute approximate surface area is 183 Å². The van der Waals surface area contributed by atoms with Crippen LogP contribution < -0.4 is 15.2 Å². The van der Waals surface area contributed by atoms with Crippen LogP contribution in [0.15, 0.2) is 42.5 Å². The first kappa shape index (κ1) is 23.0. The number of ketones is 1. The molecule has 6 nitrogen and oxygen atoms in total. The molecule has 2 aromatic carbocycles. The average molecular weight is 445 g/mol. The van der Waals surface area contributed by atoms with Crippen LogP contribution in [0.25, 0.3) is 0 Å². The van der Waals surface area contributed by atoms with Gasteiger partial charge in [-0.2, -0.15) is 0 Å². The van der Waals surface area contributed by atoms with E-state index in [0.717, 1.165) is 5.19 Å². The van der Waals surface area contributed by atoms with Crippen LogP contribution in [-0.2, 0) is 11.2 Å². The number of nitrogens with one attached hydrogen (secondary N) is 1. The highest BCUT2D eigenvalue weighted by Gasteiger charge is 2.32. The highest BCUT2D eigenvalue weighted by atomic mass is 28.3. The molecule has 0 aromatic heterocycles. The van der Waals surface area contributed by atoms with Crippen molar-refractivity contribution in [2.75, 3.05) is 20.2 Å². The fourth-order valence-electron chi connectivity index (χ4n) is 3.56. The van der Waals surface area contributed by atoms with Gasteiger partial charge >= 0.3 is 6.03 Å². The number of β-amino-alcohol motifs (C(OH)–C–C–N with tert-alkyl or cyclic N) is 1. The first-order valence-corrected chi connectivity index (χ1v) is 13.8. The lowest BCUT2D eigenvalue weighted by Gasteiger charge is -2.36. The minimum absolute atomic E-state index is 0.0114. The molecule has 0 aliphatic carbocycles. The quantitative estimate of drug-likeness (QED) is 0.644. The number of hydrogen-bond donors (Lipinski definition) is 2. The van der Waals surface area contributed by atoms with Gasteiger partial charge in [-0.3, -0.25) is 4.79 Å². The van der Waals surface area contributed by atoms with Crippen molar-refractivity contribution in [3.8, 4) is 5.75 Å². The molecule has 8 heteroatoms. The lowest BCUT2D eigenvalue weighted by atomic mass is 9.97. The second-order valence-corrected chi connectivity index (χ2v) is 14.0. The number of halogens is 1. The number of benzene rings is 2. The number of nitrogens with zero attached hydrogens (tertiary/aromatic N) is 1. The first-order chi connectivity index (χ1) is 14.6. The summed E-state index contributed by atoms with van der Waals surface area (Å²) in [5, 5.41) is 12.9. The van der Waals surface area contributed by atoms with Crippen LogP contribution >= 0.6 is 0 Å². The van der Waals surface area contributed by atoms with Gasteiger partial charge in [-0.25, -0.2) is 9.18 Å². The number of Topliss-reactive ketones (excluding diaryl/α,β-unsaturated/α-hetero) is 1. The van der Waals surface area contributed by atoms with Gasteiger partial charge in [-0.05, 0) is 34.5 Å². The molecule has 2 N–H and O–H groups in total. The van der Waals surface area contributed by atoms with Gasteiger partial charge in [0.05, 0.1) is 34.4 Å². The molecule has 1 atom stereocenters. The van der Waals surface area contributed by atoms with Gasteiger partial charge in [0.25, 0.3) is 0 Å². The molecular formula is C23H29FN2O4Si. The van der Waals surface area contributed by atoms with Crippen LogP contribution in [0.4, 0.5) is 9.18 Å². The molecule has 1 saturated heterocycles. The van der Waals surface area contributed by atoms with Gasteiger partial charge in [0, 0.05) is 6.42 Å². The van der Waals surface area contributed by atoms with Gasteiger partial charge in [0.1, 0.15) is 17.6 Å². The number of carbonyl (C=O) groups is 2. The Bertz CT molecular complexity index is 953. The molecule has 0 radical (unpaired) electrons. The summed E-state index contributed by atoms with van der Waals surface area (Å²) in [7, 11) is -0.268. The molecule has 3 rings (SSSR count). The third kappa shape index (κ3) is 5.51. The Hall–Kier alpha value is -2.71. The van der Waals surface area contributed by atoms with E-state index in [1.807, 2.05) is 0 Å². The van der Waals surface area contributed by atoms with Gasteiger partial charge < -0.3 is 20.1 Å². The number of rotatable bonds is 7. The number of urea groups is 1.